The number of allylic oxidation sites excluding steroid dienone is 18. The highest BCUT2D eigenvalue weighted by atomic mass is 16.7. The van der Waals surface area contributed by atoms with Gasteiger partial charge < -0.3 is 28.5 Å². The lowest BCUT2D eigenvalue weighted by Gasteiger charge is -2.25. The number of carboxylic acids is 1. The Balaban J connectivity index is 4.38. The molecule has 0 saturated carbocycles. The fraction of sp³-hybridized carbons (Fsp3) is 0.656. The van der Waals surface area contributed by atoms with Crippen molar-refractivity contribution in [3.05, 3.63) is 109 Å². The van der Waals surface area contributed by atoms with Crippen molar-refractivity contribution in [2.24, 2.45) is 0 Å². The molecule has 9 nitrogen and oxygen atoms in total. The first kappa shape index (κ1) is 66.0. The van der Waals surface area contributed by atoms with Crippen molar-refractivity contribution in [1.29, 1.82) is 0 Å². The fourth-order valence-electron chi connectivity index (χ4n) is 7.02. The molecule has 0 radical (unpaired) electrons. The van der Waals surface area contributed by atoms with Crippen LogP contribution < -0.4 is 0 Å². The van der Waals surface area contributed by atoms with Crippen molar-refractivity contribution < 1.29 is 42.9 Å². The molecule has 0 aromatic heterocycles. The van der Waals surface area contributed by atoms with Crippen LogP contribution in [0.25, 0.3) is 0 Å². The maximum atomic E-state index is 12.8. The molecular formula is C61H102NO8+. The minimum atomic E-state index is -1.53. The van der Waals surface area contributed by atoms with Crippen molar-refractivity contribution in [3.63, 3.8) is 0 Å². The molecular weight excluding hydrogens is 875 g/mol. The lowest BCUT2D eigenvalue weighted by Crippen LogP contribution is -2.40. The normalized spacial score (nSPS) is 13.7. The molecule has 2 atom stereocenters. The molecule has 2 unspecified atom stereocenters. The Morgan fingerprint density at radius 1 is 0.443 bits per heavy atom. The predicted molar refractivity (Wildman–Crippen MR) is 295 cm³/mol. The molecule has 70 heavy (non-hydrogen) atoms. The maximum absolute atomic E-state index is 12.8. The minimum absolute atomic E-state index is 0.175. The average molecular weight is 977 g/mol. The van der Waals surface area contributed by atoms with Crippen LogP contribution in [0.2, 0.25) is 0 Å². The largest absolute Gasteiger partial charge is 0.477 e. The van der Waals surface area contributed by atoms with Crippen LogP contribution in [0.1, 0.15) is 200 Å². The van der Waals surface area contributed by atoms with E-state index in [9.17, 15) is 19.5 Å². The minimum Gasteiger partial charge on any atom is -0.477 e. The summed E-state index contributed by atoms with van der Waals surface area (Å²) in [4.78, 5) is 37.3. The Morgan fingerprint density at radius 3 is 1.23 bits per heavy atom. The zero-order chi connectivity index (χ0) is 51.3. The first-order chi connectivity index (χ1) is 34.1. The molecule has 1 N–H and O–H groups in total. The molecule has 0 heterocycles. The molecule has 0 rings (SSSR count). The molecule has 0 aliphatic carbocycles. The van der Waals surface area contributed by atoms with Gasteiger partial charge in [0.2, 0.25) is 0 Å². The second-order valence-electron chi connectivity index (χ2n) is 19.2. The number of carboxylic acid groups (broad SMARTS) is 1. The number of hydrogen-bond donors (Lipinski definition) is 1. The van der Waals surface area contributed by atoms with Crippen molar-refractivity contribution in [1.82, 2.24) is 0 Å². The summed E-state index contributed by atoms with van der Waals surface area (Å²) < 4.78 is 22.8. The standard InChI is InChI=1S/C61H101NO8/c1-6-8-10-12-14-16-18-20-22-24-25-26-27-28-29-30-31-32-33-34-35-36-38-40-42-44-46-48-50-52-59(64)70-57(56-69-61(60(65)66)67-54-53-62(3,4)5)55-68-58(63)51-49-47-45-43-41-39-37-23-21-19-17-15-13-11-9-7-2/h8,10,14,16,20,22-23,25-26,28-29,31-32,34-35,37-38,40,57,61H,6-7,9,11-13,15,17-19,21,24,27,30,33,36,39,41-56H2,1-5H3/p+1/b10-8-,16-14-,22-20-,26-25-,29-28-,32-31-,35-34-,37-23-,40-38-. The predicted octanol–water partition coefficient (Wildman–Crippen LogP) is 15.9. The smallest absolute Gasteiger partial charge is 0.361 e. The van der Waals surface area contributed by atoms with Gasteiger partial charge in [-0.15, -0.1) is 0 Å². The van der Waals surface area contributed by atoms with Crippen LogP contribution in [-0.2, 0) is 33.3 Å². The van der Waals surface area contributed by atoms with Crippen LogP contribution in [-0.4, -0.2) is 87.4 Å². The Kier molecular flexibility index (Phi) is 48.3. The zero-order valence-electron chi connectivity index (χ0n) is 45.1. The second-order valence-corrected chi connectivity index (χ2v) is 19.2. The van der Waals surface area contributed by atoms with Gasteiger partial charge in [-0.3, -0.25) is 9.59 Å². The first-order valence-electron chi connectivity index (χ1n) is 27.6. The lowest BCUT2D eigenvalue weighted by atomic mass is 10.1. The molecule has 0 saturated heterocycles. The van der Waals surface area contributed by atoms with Crippen molar-refractivity contribution in [3.8, 4) is 0 Å². The third-order valence-electron chi connectivity index (χ3n) is 11.3. The monoisotopic (exact) mass is 977 g/mol. The van der Waals surface area contributed by atoms with Crippen LogP contribution in [0.3, 0.4) is 0 Å². The summed E-state index contributed by atoms with van der Waals surface area (Å²) in [5.41, 5.74) is 0. The maximum Gasteiger partial charge on any atom is 0.361 e. The number of likely N-dealkylation sites (N-methyl/N-ethyl adjacent to an activating group) is 1. The second kappa shape index (κ2) is 51.3. The molecule has 0 aliphatic heterocycles. The molecule has 0 bridgehead atoms. The third-order valence-corrected chi connectivity index (χ3v) is 11.3. The topological polar surface area (TPSA) is 108 Å². The van der Waals surface area contributed by atoms with Gasteiger partial charge in [0.15, 0.2) is 6.10 Å². The SMILES string of the molecule is CC/C=C\C/C=C\C/C=C\C/C=C\C/C=C\C/C=C\C/C=C\C/C=C\CCCCCCC(=O)OC(COC(=O)CCCCCCC/C=C\CCCCCCCCC)COC(OCC[N+](C)(C)C)C(=O)O. The van der Waals surface area contributed by atoms with Gasteiger partial charge in [-0.25, -0.2) is 4.79 Å². The number of ether oxygens (including phenoxy) is 4. The van der Waals surface area contributed by atoms with Crippen LogP contribution in [0.15, 0.2) is 109 Å². The molecule has 0 fully saturated rings. The van der Waals surface area contributed by atoms with Crippen molar-refractivity contribution >= 4 is 17.9 Å². The number of nitrogens with zero attached hydrogens (tertiary/aromatic N) is 1. The Bertz CT molecular complexity index is 1510. The summed E-state index contributed by atoms with van der Waals surface area (Å²) in [6, 6.07) is 0. The number of unbranched alkanes of at least 4 members (excludes halogenated alkanes) is 16. The van der Waals surface area contributed by atoms with Crippen molar-refractivity contribution in [2.75, 3.05) is 47.5 Å². The molecule has 0 spiro atoms. The molecule has 0 aromatic carbocycles. The van der Waals surface area contributed by atoms with Gasteiger partial charge in [-0.05, 0) is 103 Å². The molecule has 0 amide bonds. The zero-order valence-corrected chi connectivity index (χ0v) is 45.1. The Hall–Kier alpha value is -4.05. The molecule has 9 heteroatoms. The number of esters is 2. The van der Waals surface area contributed by atoms with Crippen LogP contribution >= 0.6 is 0 Å². The molecule has 0 aliphatic rings. The van der Waals surface area contributed by atoms with E-state index >= 15 is 0 Å². The number of carbonyl (C=O) groups excluding carboxylic acids is 2. The molecule has 0 aromatic rings. The van der Waals surface area contributed by atoms with Gasteiger partial charge in [0.25, 0.3) is 6.29 Å². The van der Waals surface area contributed by atoms with E-state index in [1.165, 1.54) is 51.4 Å². The Labute approximate surface area is 428 Å². The quantitative estimate of drug-likeness (QED) is 0.0211. The van der Waals surface area contributed by atoms with E-state index in [4.69, 9.17) is 18.9 Å². The van der Waals surface area contributed by atoms with E-state index in [1.54, 1.807) is 0 Å². The van der Waals surface area contributed by atoms with Gasteiger partial charge >= 0.3 is 17.9 Å². The highest BCUT2D eigenvalue weighted by Gasteiger charge is 2.25. The summed E-state index contributed by atoms with van der Waals surface area (Å²) in [5.74, 6) is -2.06. The summed E-state index contributed by atoms with van der Waals surface area (Å²) in [5, 5.41) is 9.68. The fourth-order valence-corrected chi connectivity index (χ4v) is 7.02. The number of rotatable bonds is 49. The van der Waals surface area contributed by atoms with E-state index in [-0.39, 0.29) is 38.6 Å². The third kappa shape index (κ3) is 51.8. The van der Waals surface area contributed by atoms with E-state index in [2.05, 4.69) is 123 Å². The number of hydrogen-bond acceptors (Lipinski definition) is 7. The summed E-state index contributed by atoms with van der Waals surface area (Å²) in [7, 11) is 5.94. The summed E-state index contributed by atoms with van der Waals surface area (Å²) >= 11 is 0. The van der Waals surface area contributed by atoms with Gasteiger partial charge in [0, 0.05) is 12.8 Å². The highest BCUT2D eigenvalue weighted by molar-refractivity contribution is 5.71. The van der Waals surface area contributed by atoms with Crippen molar-refractivity contribution in [2.45, 2.75) is 212 Å². The highest BCUT2D eigenvalue weighted by Crippen LogP contribution is 2.13. The van der Waals surface area contributed by atoms with E-state index in [0.717, 1.165) is 116 Å². The van der Waals surface area contributed by atoms with Gasteiger partial charge in [-0.1, -0.05) is 194 Å². The van der Waals surface area contributed by atoms with Gasteiger partial charge in [0.1, 0.15) is 13.2 Å². The summed E-state index contributed by atoms with van der Waals surface area (Å²) in [6.45, 7) is 4.70. The lowest BCUT2D eigenvalue weighted by molar-refractivity contribution is -0.870. The van der Waals surface area contributed by atoms with Crippen LogP contribution in [0.4, 0.5) is 0 Å². The van der Waals surface area contributed by atoms with Gasteiger partial charge in [-0.2, -0.15) is 0 Å². The van der Waals surface area contributed by atoms with Crippen LogP contribution in [0, 0.1) is 0 Å². The van der Waals surface area contributed by atoms with E-state index in [0.29, 0.717) is 17.4 Å². The van der Waals surface area contributed by atoms with Crippen LogP contribution in [0.5, 0.6) is 0 Å². The van der Waals surface area contributed by atoms with E-state index < -0.39 is 24.3 Å². The first-order valence-corrected chi connectivity index (χ1v) is 27.6. The van der Waals surface area contributed by atoms with Gasteiger partial charge in [0.05, 0.1) is 34.4 Å². The average Bonchev–Trinajstić information content (AvgIpc) is 3.33. The summed E-state index contributed by atoms with van der Waals surface area (Å²) in [6.07, 6.45) is 67.3. The Morgan fingerprint density at radius 2 is 0.814 bits per heavy atom. The number of carbonyl (C=O) groups is 3. The number of quaternary nitrogens is 1. The molecule has 398 valence electrons. The van der Waals surface area contributed by atoms with E-state index in [1.807, 2.05) is 21.1 Å². The number of aliphatic carboxylic acids is 1.